The molecule has 0 radical (unpaired) electrons. The lowest BCUT2D eigenvalue weighted by Crippen LogP contribution is -2.43. The molecular weight excluding hydrogens is 204 g/mol. The zero-order valence-electron chi connectivity index (χ0n) is 10.5. The van der Waals surface area contributed by atoms with Gasteiger partial charge < -0.3 is 15.4 Å². The Hall–Kier alpha value is -0.770. The highest BCUT2D eigenvalue weighted by atomic mass is 16.6. The minimum atomic E-state index is -0.400. The Morgan fingerprint density at radius 2 is 2.25 bits per heavy atom. The van der Waals surface area contributed by atoms with Gasteiger partial charge in [-0.1, -0.05) is 0 Å². The Bertz CT molecular complexity index is 298. The number of rotatable bonds is 1. The SMILES string of the molecule is CC(C)(C)OC(=O)N1CC[C@]2(CN)C[C@H]2C1. The summed E-state index contributed by atoms with van der Waals surface area (Å²) in [4.78, 5) is 13.7. The van der Waals surface area contributed by atoms with E-state index in [1.54, 1.807) is 0 Å². The van der Waals surface area contributed by atoms with Gasteiger partial charge in [0.25, 0.3) is 0 Å². The molecule has 2 fully saturated rings. The Morgan fingerprint density at radius 3 is 2.75 bits per heavy atom. The standard InChI is InChI=1S/C12H22N2O2/c1-11(2,3)16-10(15)14-5-4-12(8-13)6-9(12)7-14/h9H,4-8,13H2,1-3H3/t9-,12+/m0/s1. The van der Waals surface area contributed by atoms with Crippen molar-refractivity contribution in [1.29, 1.82) is 0 Å². The minimum Gasteiger partial charge on any atom is -0.444 e. The summed E-state index contributed by atoms with van der Waals surface area (Å²) in [7, 11) is 0. The van der Waals surface area contributed by atoms with E-state index in [0.717, 1.165) is 26.1 Å². The maximum Gasteiger partial charge on any atom is 0.410 e. The van der Waals surface area contributed by atoms with Crippen LogP contribution in [-0.4, -0.2) is 36.2 Å². The number of hydrogen-bond acceptors (Lipinski definition) is 3. The number of nitrogens with two attached hydrogens (primary N) is 1. The van der Waals surface area contributed by atoms with Gasteiger partial charge in [-0.05, 0) is 51.5 Å². The van der Waals surface area contributed by atoms with Crippen LogP contribution in [0.5, 0.6) is 0 Å². The molecule has 2 atom stereocenters. The third-order valence-electron chi connectivity index (χ3n) is 3.74. The average molecular weight is 226 g/mol. The number of amides is 1. The Labute approximate surface area is 97.1 Å². The van der Waals surface area contributed by atoms with Crippen LogP contribution in [0.25, 0.3) is 0 Å². The first kappa shape index (κ1) is 11.7. The average Bonchev–Trinajstić information content (AvgIpc) is 2.88. The van der Waals surface area contributed by atoms with Gasteiger partial charge in [-0.2, -0.15) is 0 Å². The van der Waals surface area contributed by atoms with Crippen LogP contribution in [0.15, 0.2) is 0 Å². The van der Waals surface area contributed by atoms with Crippen molar-refractivity contribution >= 4 is 6.09 Å². The molecule has 2 rings (SSSR count). The van der Waals surface area contributed by atoms with Crippen molar-refractivity contribution in [3.63, 3.8) is 0 Å². The van der Waals surface area contributed by atoms with Crippen LogP contribution < -0.4 is 5.73 Å². The molecule has 0 aromatic heterocycles. The fourth-order valence-corrected chi connectivity index (χ4v) is 2.56. The van der Waals surface area contributed by atoms with E-state index in [0.29, 0.717) is 11.3 Å². The molecule has 0 aromatic rings. The summed E-state index contributed by atoms with van der Waals surface area (Å²) in [5.74, 6) is 0.610. The second kappa shape index (κ2) is 3.62. The number of likely N-dealkylation sites (tertiary alicyclic amines) is 1. The van der Waals surface area contributed by atoms with Crippen molar-refractivity contribution in [2.45, 2.75) is 39.2 Å². The predicted octanol–water partition coefficient (Wildman–Crippen LogP) is 1.59. The molecular formula is C12H22N2O2. The highest BCUT2D eigenvalue weighted by Crippen LogP contribution is 2.57. The lowest BCUT2D eigenvalue weighted by molar-refractivity contribution is 0.0180. The summed E-state index contributed by atoms with van der Waals surface area (Å²) in [5.41, 5.74) is 5.73. The lowest BCUT2D eigenvalue weighted by Gasteiger charge is -2.32. The summed E-state index contributed by atoms with van der Waals surface area (Å²) >= 11 is 0. The van der Waals surface area contributed by atoms with Gasteiger partial charge in [-0.3, -0.25) is 0 Å². The fourth-order valence-electron chi connectivity index (χ4n) is 2.56. The predicted molar refractivity (Wildman–Crippen MR) is 62.0 cm³/mol. The number of nitrogens with zero attached hydrogens (tertiary/aromatic N) is 1. The van der Waals surface area contributed by atoms with Gasteiger partial charge in [-0.15, -0.1) is 0 Å². The Morgan fingerprint density at radius 1 is 1.56 bits per heavy atom. The molecule has 0 bridgehead atoms. The molecule has 2 aliphatic rings. The van der Waals surface area contributed by atoms with Gasteiger partial charge in [-0.25, -0.2) is 4.79 Å². The highest BCUT2D eigenvalue weighted by Gasteiger charge is 2.56. The van der Waals surface area contributed by atoms with Crippen molar-refractivity contribution in [2.24, 2.45) is 17.1 Å². The van der Waals surface area contributed by atoms with Crippen molar-refractivity contribution in [3.8, 4) is 0 Å². The van der Waals surface area contributed by atoms with E-state index < -0.39 is 5.60 Å². The smallest absolute Gasteiger partial charge is 0.410 e. The van der Waals surface area contributed by atoms with E-state index >= 15 is 0 Å². The lowest BCUT2D eigenvalue weighted by atomic mass is 9.96. The molecule has 1 saturated heterocycles. The first-order valence-corrected chi connectivity index (χ1v) is 6.04. The first-order chi connectivity index (χ1) is 7.36. The van der Waals surface area contributed by atoms with Crippen molar-refractivity contribution in [1.82, 2.24) is 4.90 Å². The fraction of sp³-hybridized carbons (Fsp3) is 0.917. The van der Waals surface area contributed by atoms with Crippen LogP contribution in [0.4, 0.5) is 4.79 Å². The largest absolute Gasteiger partial charge is 0.444 e. The van der Waals surface area contributed by atoms with Crippen molar-refractivity contribution < 1.29 is 9.53 Å². The van der Waals surface area contributed by atoms with Gasteiger partial charge in [0.05, 0.1) is 0 Å². The quantitative estimate of drug-likeness (QED) is 0.738. The van der Waals surface area contributed by atoms with E-state index in [-0.39, 0.29) is 6.09 Å². The number of hydrogen-bond donors (Lipinski definition) is 1. The molecule has 92 valence electrons. The summed E-state index contributed by atoms with van der Waals surface area (Å²) in [5, 5.41) is 0. The topological polar surface area (TPSA) is 55.6 Å². The van der Waals surface area contributed by atoms with Crippen LogP contribution in [0.1, 0.15) is 33.6 Å². The normalized spacial score (nSPS) is 33.2. The summed E-state index contributed by atoms with van der Waals surface area (Å²) in [6.07, 6.45) is 2.04. The highest BCUT2D eigenvalue weighted by molar-refractivity contribution is 5.68. The van der Waals surface area contributed by atoms with E-state index in [2.05, 4.69) is 0 Å². The molecule has 1 aliphatic heterocycles. The van der Waals surface area contributed by atoms with E-state index in [4.69, 9.17) is 10.5 Å². The number of fused-ring (bicyclic) bond motifs is 1. The number of carbonyl (C=O) groups is 1. The molecule has 1 heterocycles. The van der Waals surface area contributed by atoms with Crippen LogP contribution >= 0.6 is 0 Å². The van der Waals surface area contributed by atoms with Crippen molar-refractivity contribution in [3.05, 3.63) is 0 Å². The molecule has 2 N–H and O–H groups in total. The second-order valence-corrected chi connectivity index (χ2v) is 6.14. The Balaban J connectivity index is 1.87. The first-order valence-electron chi connectivity index (χ1n) is 6.04. The molecule has 0 aromatic carbocycles. The molecule has 0 unspecified atom stereocenters. The third-order valence-corrected chi connectivity index (χ3v) is 3.74. The molecule has 4 heteroatoms. The second-order valence-electron chi connectivity index (χ2n) is 6.14. The van der Waals surface area contributed by atoms with E-state index in [1.165, 1.54) is 6.42 Å². The van der Waals surface area contributed by atoms with Crippen LogP contribution in [-0.2, 0) is 4.74 Å². The maximum atomic E-state index is 11.8. The van der Waals surface area contributed by atoms with Crippen LogP contribution in [0.2, 0.25) is 0 Å². The van der Waals surface area contributed by atoms with Crippen LogP contribution in [0.3, 0.4) is 0 Å². The van der Waals surface area contributed by atoms with Gasteiger partial charge in [0.1, 0.15) is 5.60 Å². The maximum absolute atomic E-state index is 11.8. The summed E-state index contributed by atoms with van der Waals surface area (Å²) < 4.78 is 5.37. The monoisotopic (exact) mass is 226 g/mol. The molecule has 1 saturated carbocycles. The molecule has 0 spiro atoms. The molecule has 1 amide bonds. The van der Waals surface area contributed by atoms with E-state index in [1.807, 2.05) is 25.7 Å². The summed E-state index contributed by atoms with van der Waals surface area (Å²) in [6, 6.07) is 0. The van der Waals surface area contributed by atoms with Gasteiger partial charge >= 0.3 is 6.09 Å². The summed E-state index contributed by atoms with van der Waals surface area (Å²) in [6.45, 7) is 8.08. The minimum absolute atomic E-state index is 0.176. The number of ether oxygens (including phenoxy) is 1. The zero-order chi connectivity index (χ0) is 12.0. The van der Waals surface area contributed by atoms with Crippen LogP contribution in [0, 0.1) is 11.3 Å². The third kappa shape index (κ3) is 2.17. The van der Waals surface area contributed by atoms with Gasteiger partial charge in [0.2, 0.25) is 0 Å². The van der Waals surface area contributed by atoms with Gasteiger partial charge in [0, 0.05) is 13.1 Å². The Kier molecular flexibility index (Phi) is 2.65. The molecule has 4 nitrogen and oxygen atoms in total. The zero-order valence-corrected chi connectivity index (χ0v) is 10.5. The van der Waals surface area contributed by atoms with Crippen molar-refractivity contribution in [2.75, 3.05) is 19.6 Å². The number of piperidine rings is 1. The van der Waals surface area contributed by atoms with E-state index in [9.17, 15) is 4.79 Å². The number of carbonyl (C=O) groups excluding carboxylic acids is 1. The molecule has 1 aliphatic carbocycles. The van der Waals surface area contributed by atoms with Gasteiger partial charge in [0.15, 0.2) is 0 Å². The molecule has 16 heavy (non-hydrogen) atoms.